The number of fused-ring (bicyclic) bond motifs is 1. The maximum Gasteiger partial charge on any atom is 0.275 e. The lowest BCUT2D eigenvalue weighted by molar-refractivity contribution is -0.126. The van der Waals surface area contributed by atoms with Crippen LogP contribution in [0.1, 0.15) is 41.7 Å². The topological polar surface area (TPSA) is 107 Å². The quantitative estimate of drug-likeness (QED) is 0.571. The van der Waals surface area contributed by atoms with Crippen molar-refractivity contribution in [3.63, 3.8) is 0 Å². The molecule has 1 unspecified atom stereocenters. The molecule has 1 aliphatic heterocycles. The van der Waals surface area contributed by atoms with Gasteiger partial charge in [-0.3, -0.25) is 19.5 Å². The molecule has 0 bridgehead atoms. The summed E-state index contributed by atoms with van der Waals surface area (Å²) in [7, 11) is 0. The van der Waals surface area contributed by atoms with Gasteiger partial charge in [0.1, 0.15) is 0 Å². The predicted molar refractivity (Wildman–Crippen MR) is 125 cm³/mol. The minimum Gasteiger partial charge on any atom is -0.356 e. The van der Waals surface area contributed by atoms with Gasteiger partial charge in [0.2, 0.25) is 11.8 Å². The first-order chi connectivity index (χ1) is 16.1. The van der Waals surface area contributed by atoms with Crippen LogP contribution in [0.5, 0.6) is 0 Å². The van der Waals surface area contributed by atoms with Gasteiger partial charge >= 0.3 is 0 Å². The van der Waals surface area contributed by atoms with Crippen LogP contribution in [0.4, 0.5) is 0 Å². The van der Waals surface area contributed by atoms with Gasteiger partial charge in [0.25, 0.3) is 5.91 Å². The molecule has 1 fully saturated rings. The highest BCUT2D eigenvalue weighted by molar-refractivity contribution is 6.04. The number of nitrogens with one attached hydrogen (secondary N) is 3. The van der Waals surface area contributed by atoms with Gasteiger partial charge in [-0.1, -0.05) is 48.5 Å². The molecule has 4 rings (SSSR count). The van der Waals surface area contributed by atoms with E-state index in [0.717, 1.165) is 16.5 Å². The van der Waals surface area contributed by atoms with Gasteiger partial charge < -0.3 is 15.5 Å². The van der Waals surface area contributed by atoms with E-state index in [2.05, 4.69) is 20.8 Å². The molecule has 1 atom stereocenters. The first-order valence-corrected chi connectivity index (χ1v) is 11.4. The molecule has 0 saturated carbocycles. The average Bonchev–Trinajstić information content (AvgIpc) is 3.26. The third-order valence-corrected chi connectivity index (χ3v) is 6.04. The third-order valence-electron chi connectivity index (χ3n) is 6.04. The maximum atomic E-state index is 13.2. The summed E-state index contributed by atoms with van der Waals surface area (Å²) in [5.74, 6) is -0.576. The molecular weight excluding hydrogens is 418 g/mol. The van der Waals surface area contributed by atoms with Gasteiger partial charge in [-0.25, -0.2) is 0 Å². The van der Waals surface area contributed by atoms with Crippen LogP contribution in [-0.2, 0) is 16.1 Å². The summed E-state index contributed by atoms with van der Waals surface area (Å²) in [6, 6.07) is 17.3. The molecule has 33 heavy (non-hydrogen) atoms. The van der Waals surface area contributed by atoms with Crippen LogP contribution in [0.3, 0.4) is 0 Å². The number of para-hydroxylation sites is 1. The lowest BCUT2D eigenvalue weighted by atomic mass is 9.98. The number of carbonyl (C=O) groups excluding carboxylic acids is 3. The number of nitrogens with zero attached hydrogens (tertiary/aromatic N) is 2. The molecule has 1 aliphatic rings. The van der Waals surface area contributed by atoms with Crippen LogP contribution in [0, 0.1) is 5.92 Å². The summed E-state index contributed by atoms with van der Waals surface area (Å²) in [6.07, 6.45) is 2.11. The van der Waals surface area contributed by atoms with E-state index >= 15 is 0 Å². The fraction of sp³-hybridized carbons (Fsp3) is 0.360. The van der Waals surface area contributed by atoms with Crippen LogP contribution in [0.2, 0.25) is 0 Å². The van der Waals surface area contributed by atoms with Gasteiger partial charge in [0, 0.05) is 43.9 Å². The molecular formula is C25H29N5O3. The average molecular weight is 448 g/mol. The zero-order chi connectivity index (χ0) is 23.0. The molecule has 8 heteroatoms. The molecule has 0 spiro atoms. The second kappa shape index (κ2) is 10.8. The minimum atomic E-state index is -0.227. The van der Waals surface area contributed by atoms with E-state index in [4.69, 9.17) is 0 Å². The van der Waals surface area contributed by atoms with Gasteiger partial charge in [-0.15, -0.1) is 0 Å². The summed E-state index contributed by atoms with van der Waals surface area (Å²) in [4.78, 5) is 40.0. The maximum absolute atomic E-state index is 13.2. The molecule has 8 nitrogen and oxygen atoms in total. The number of amides is 3. The van der Waals surface area contributed by atoms with Crippen molar-refractivity contribution in [1.82, 2.24) is 25.7 Å². The molecule has 172 valence electrons. The van der Waals surface area contributed by atoms with Crippen molar-refractivity contribution < 1.29 is 14.4 Å². The van der Waals surface area contributed by atoms with Crippen LogP contribution in [0.15, 0.2) is 54.6 Å². The van der Waals surface area contributed by atoms with Gasteiger partial charge in [0.05, 0.1) is 5.52 Å². The fourth-order valence-electron chi connectivity index (χ4n) is 4.17. The predicted octanol–water partition coefficient (Wildman–Crippen LogP) is 2.63. The highest BCUT2D eigenvalue weighted by Crippen LogP contribution is 2.19. The van der Waals surface area contributed by atoms with Crippen molar-refractivity contribution in [3.8, 4) is 0 Å². The molecule has 3 N–H and O–H groups in total. The van der Waals surface area contributed by atoms with E-state index in [9.17, 15) is 14.4 Å². The van der Waals surface area contributed by atoms with E-state index in [1.165, 1.54) is 0 Å². The monoisotopic (exact) mass is 447 g/mol. The van der Waals surface area contributed by atoms with Crippen LogP contribution >= 0.6 is 0 Å². The normalized spacial score (nSPS) is 17.8. The van der Waals surface area contributed by atoms with Crippen molar-refractivity contribution in [2.75, 3.05) is 19.6 Å². The smallest absolute Gasteiger partial charge is 0.275 e. The zero-order valence-corrected chi connectivity index (χ0v) is 18.5. The van der Waals surface area contributed by atoms with Crippen LogP contribution in [0.25, 0.3) is 10.9 Å². The van der Waals surface area contributed by atoms with Crippen LogP contribution < -0.4 is 10.6 Å². The first-order valence-electron chi connectivity index (χ1n) is 11.4. The lowest BCUT2D eigenvalue weighted by Crippen LogP contribution is -2.36. The second-order valence-corrected chi connectivity index (χ2v) is 8.34. The molecule has 1 aromatic heterocycles. The first kappa shape index (κ1) is 22.5. The van der Waals surface area contributed by atoms with E-state index < -0.39 is 0 Å². The van der Waals surface area contributed by atoms with Crippen LogP contribution in [-0.4, -0.2) is 52.5 Å². The minimum absolute atomic E-state index is 0.0245. The Labute approximate surface area is 192 Å². The zero-order valence-electron chi connectivity index (χ0n) is 18.5. The Bertz CT molecular complexity index is 1110. The Balaban J connectivity index is 1.42. The van der Waals surface area contributed by atoms with Crippen molar-refractivity contribution in [2.45, 2.75) is 32.2 Å². The second-order valence-electron chi connectivity index (χ2n) is 8.34. The third kappa shape index (κ3) is 5.77. The molecule has 0 radical (unpaired) electrons. The highest BCUT2D eigenvalue weighted by Gasteiger charge is 2.24. The summed E-state index contributed by atoms with van der Waals surface area (Å²) < 4.78 is 0. The molecule has 3 amide bonds. The fourth-order valence-corrected chi connectivity index (χ4v) is 4.17. The summed E-state index contributed by atoms with van der Waals surface area (Å²) in [5, 5.41) is 13.8. The van der Waals surface area contributed by atoms with E-state index in [1.54, 1.807) is 4.90 Å². The van der Waals surface area contributed by atoms with E-state index in [0.29, 0.717) is 51.1 Å². The Hall–Kier alpha value is -3.68. The number of benzene rings is 2. The Morgan fingerprint density at radius 3 is 2.67 bits per heavy atom. The van der Waals surface area contributed by atoms with E-state index in [-0.39, 0.29) is 30.1 Å². The summed E-state index contributed by atoms with van der Waals surface area (Å²) in [5.41, 5.74) is 2.20. The lowest BCUT2D eigenvalue weighted by Gasteiger charge is -2.22. The molecule has 3 aromatic rings. The standard InChI is InChI=1S/C25H29N5O3/c31-22-13-16-30(25(33)23-20-10-4-5-11-21(20)28-29-23)15-6-9-19(12-14-26-22)24(32)27-17-18-7-2-1-3-8-18/h1-5,7-8,10-11,19H,6,9,12-17H2,(H,26,31)(H,27,32)(H,28,29). The van der Waals surface area contributed by atoms with Crippen molar-refractivity contribution >= 4 is 28.6 Å². The molecule has 2 aromatic carbocycles. The number of H-pyrrole nitrogens is 1. The number of hydrogen-bond donors (Lipinski definition) is 3. The number of aromatic nitrogens is 2. The largest absolute Gasteiger partial charge is 0.356 e. The SMILES string of the molecule is O=C1CCN(C(=O)c2n[nH]c3ccccc23)CCCC(C(=O)NCc2ccccc2)CCN1. The van der Waals surface area contributed by atoms with Crippen molar-refractivity contribution in [1.29, 1.82) is 0 Å². The van der Waals surface area contributed by atoms with Gasteiger partial charge in [0.15, 0.2) is 5.69 Å². The Morgan fingerprint density at radius 2 is 1.82 bits per heavy atom. The summed E-state index contributed by atoms with van der Waals surface area (Å²) >= 11 is 0. The number of hydrogen-bond acceptors (Lipinski definition) is 4. The van der Waals surface area contributed by atoms with Crippen molar-refractivity contribution in [2.24, 2.45) is 5.92 Å². The van der Waals surface area contributed by atoms with Crippen molar-refractivity contribution in [3.05, 3.63) is 65.9 Å². The summed E-state index contributed by atoms with van der Waals surface area (Å²) in [6.45, 7) is 1.70. The van der Waals surface area contributed by atoms with Gasteiger partial charge in [-0.2, -0.15) is 5.10 Å². The number of carbonyl (C=O) groups is 3. The number of rotatable bonds is 4. The Morgan fingerprint density at radius 1 is 1.03 bits per heavy atom. The van der Waals surface area contributed by atoms with E-state index in [1.807, 2.05) is 54.6 Å². The highest BCUT2D eigenvalue weighted by atomic mass is 16.2. The Kier molecular flexibility index (Phi) is 7.34. The number of aromatic amines is 1. The van der Waals surface area contributed by atoms with Gasteiger partial charge in [-0.05, 0) is 30.9 Å². The molecule has 1 saturated heterocycles. The molecule has 2 heterocycles. The molecule has 0 aliphatic carbocycles.